The third-order valence-corrected chi connectivity index (χ3v) is 13.8. The fourth-order valence-corrected chi connectivity index (χ4v) is 9.21. The molecule has 396 valence electrons. The van der Waals surface area contributed by atoms with E-state index in [1.165, 1.54) is 244 Å². The fraction of sp³-hybridized carbons (Fsp3) is 0.918. The second-order valence-electron chi connectivity index (χ2n) is 20.6. The summed E-state index contributed by atoms with van der Waals surface area (Å²) < 4.78 is 16.9. The second kappa shape index (κ2) is 56.7. The van der Waals surface area contributed by atoms with Crippen LogP contribution in [0.2, 0.25) is 0 Å². The molecule has 0 N–H and O–H groups in total. The van der Waals surface area contributed by atoms with Crippen LogP contribution in [0.25, 0.3) is 0 Å². The highest BCUT2D eigenvalue weighted by Gasteiger charge is 2.19. The van der Waals surface area contributed by atoms with Gasteiger partial charge in [0.1, 0.15) is 13.2 Å². The van der Waals surface area contributed by atoms with Crippen molar-refractivity contribution in [3.8, 4) is 0 Å². The number of carbonyl (C=O) groups is 3. The van der Waals surface area contributed by atoms with Gasteiger partial charge in [-0.15, -0.1) is 0 Å². The highest BCUT2D eigenvalue weighted by Crippen LogP contribution is 2.17. The summed E-state index contributed by atoms with van der Waals surface area (Å²) in [6, 6.07) is 0. The zero-order valence-corrected chi connectivity index (χ0v) is 45.5. The minimum Gasteiger partial charge on any atom is -0.462 e. The van der Waals surface area contributed by atoms with Gasteiger partial charge < -0.3 is 14.2 Å². The van der Waals surface area contributed by atoms with Crippen molar-refractivity contribution in [2.24, 2.45) is 0 Å². The van der Waals surface area contributed by atoms with Crippen LogP contribution in [0.3, 0.4) is 0 Å². The summed E-state index contributed by atoms with van der Waals surface area (Å²) in [5.41, 5.74) is 0. The van der Waals surface area contributed by atoms with Gasteiger partial charge in [-0.2, -0.15) is 0 Å². The Hall–Kier alpha value is -1.85. The van der Waals surface area contributed by atoms with Gasteiger partial charge in [0.25, 0.3) is 0 Å². The Kier molecular flexibility index (Phi) is 55.2. The van der Waals surface area contributed by atoms with Crippen LogP contribution in [-0.4, -0.2) is 37.2 Å². The Bertz CT molecular complexity index is 1040. The number of rotatable bonds is 56. The second-order valence-corrected chi connectivity index (χ2v) is 20.6. The molecule has 0 aromatic carbocycles. The van der Waals surface area contributed by atoms with Crippen LogP contribution in [0.15, 0.2) is 12.2 Å². The molecule has 0 saturated carbocycles. The molecular formula is C61H116O6. The minimum absolute atomic E-state index is 0.0655. The Balaban J connectivity index is 4.29. The lowest BCUT2D eigenvalue weighted by molar-refractivity contribution is -0.167. The van der Waals surface area contributed by atoms with Crippen molar-refractivity contribution in [1.82, 2.24) is 0 Å². The predicted octanol–water partition coefficient (Wildman–Crippen LogP) is 20.1. The number of esters is 3. The molecule has 0 spiro atoms. The van der Waals surface area contributed by atoms with Gasteiger partial charge in [-0.05, 0) is 44.9 Å². The molecule has 1 unspecified atom stereocenters. The first kappa shape index (κ1) is 65.1. The van der Waals surface area contributed by atoms with Gasteiger partial charge in [0, 0.05) is 19.3 Å². The number of hydrogen-bond acceptors (Lipinski definition) is 6. The van der Waals surface area contributed by atoms with E-state index in [1.807, 2.05) is 0 Å². The lowest BCUT2D eigenvalue weighted by atomic mass is 10.0. The van der Waals surface area contributed by atoms with Crippen LogP contribution in [0.5, 0.6) is 0 Å². The summed E-state index contributed by atoms with van der Waals surface area (Å²) in [6.45, 7) is 6.70. The molecule has 0 heterocycles. The summed E-state index contributed by atoms with van der Waals surface area (Å²) in [5, 5.41) is 0. The minimum atomic E-state index is -0.767. The maximum absolute atomic E-state index is 12.9. The van der Waals surface area contributed by atoms with Gasteiger partial charge in [-0.1, -0.05) is 290 Å². The van der Waals surface area contributed by atoms with Crippen molar-refractivity contribution >= 4 is 17.9 Å². The van der Waals surface area contributed by atoms with Crippen molar-refractivity contribution in [3.63, 3.8) is 0 Å². The molecule has 6 nitrogen and oxygen atoms in total. The van der Waals surface area contributed by atoms with Crippen molar-refractivity contribution in [2.45, 2.75) is 348 Å². The SMILES string of the molecule is CCCCCCCC/C=C\CCCCCCCCCC(=O)OC(COC(=O)CCCCCCCCCCCCCCC)COC(=O)CCCCCCCCCCCCCCCCCCCCC. The van der Waals surface area contributed by atoms with Crippen LogP contribution in [0.1, 0.15) is 342 Å². The molecule has 0 aromatic rings. The first-order valence-corrected chi connectivity index (χ1v) is 30.2. The maximum atomic E-state index is 12.9. The molecule has 0 aliphatic heterocycles. The van der Waals surface area contributed by atoms with E-state index in [4.69, 9.17) is 14.2 Å². The van der Waals surface area contributed by atoms with E-state index in [9.17, 15) is 14.4 Å². The van der Waals surface area contributed by atoms with Crippen molar-refractivity contribution < 1.29 is 28.6 Å². The molecular weight excluding hydrogens is 829 g/mol. The maximum Gasteiger partial charge on any atom is 0.306 e. The summed E-state index contributed by atoms with van der Waals surface area (Å²) in [5.74, 6) is -0.843. The molecule has 0 fully saturated rings. The van der Waals surface area contributed by atoms with Crippen molar-refractivity contribution in [3.05, 3.63) is 12.2 Å². The zero-order valence-electron chi connectivity index (χ0n) is 45.5. The monoisotopic (exact) mass is 945 g/mol. The van der Waals surface area contributed by atoms with Gasteiger partial charge >= 0.3 is 17.9 Å². The summed E-state index contributed by atoms with van der Waals surface area (Å²) in [6.07, 6.45) is 64.9. The van der Waals surface area contributed by atoms with Crippen LogP contribution < -0.4 is 0 Å². The molecule has 0 saturated heterocycles. The first-order valence-electron chi connectivity index (χ1n) is 30.2. The Labute approximate surface area is 418 Å². The summed E-state index contributed by atoms with van der Waals surface area (Å²) >= 11 is 0. The topological polar surface area (TPSA) is 78.9 Å². The number of ether oxygens (including phenoxy) is 3. The number of unbranched alkanes of at least 4 members (excludes halogenated alkanes) is 43. The molecule has 0 rings (SSSR count). The Morgan fingerprint density at radius 1 is 0.284 bits per heavy atom. The third kappa shape index (κ3) is 55.0. The third-order valence-electron chi connectivity index (χ3n) is 13.8. The van der Waals surface area contributed by atoms with Gasteiger partial charge in [-0.25, -0.2) is 0 Å². The van der Waals surface area contributed by atoms with Crippen molar-refractivity contribution in [1.29, 1.82) is 0 Å². The smallest absolute Gasteiger partial charge is 0.306 e. The Morgan fingerprint density at radius 2 is 0.493 bits per heavy atom. The molecule has 1 atom stereocenters. The molecule has 6 heteroatoms. The quantitative estimate of drug-likeness (QED) is 0.0262. The van der Waals surface area contributed by atoms with Gasteiger partial charge in [-0.3, -0.25) is 14.4 Å². The van der Waals surface area contributed by atoms with Gasteiger partial charge in [0.15, 0.2) is 6.10 Å². The lowest BCUT2D eigenvalue weighted by Crippen LogP contribution is -2.30. The number of carbonyl (C=O) groups excluding carboxylic acids is 3. The lowest BCUT2D eigenvalue weighted by Gasteiger charge is -2.18. The normalized spacial score (nSPS) is 12.0. The standard InChI is InChI=1S/C61H116O6/c1-4-7-10-13-16-19-22-25-27-29-30-32-33-36-39-42-45-48-51-54-60(63)66-57-58(56-65-59(62)53-50-47-44-41-38-35-24-21-18-15-12-9-6-3)67-61(64)55-52-49-46-43-40-37-34-31-28-26-23-20-17-14-11-8-5-2/h26,28,58H,4-25,27,29-57H2,1-3H3/b28-26-. The van der Waals surface area contributed by atoms with Gasteiger partial charge in [0.05, 0.1) is 0 Å². The highest BCUT2D eigenvalue weighted by molar-refractivity contribution is 5.71. The molecule has 0 aliphatic carbocycles. The van der Waals surface area contributed by atoms with Crippen molar-refractivity contribution in [2.75, 3.05) is 13.2 Å². The first-order chi connectivity index (χ1) is 33.0. The zero-order chi connectivity index (χ0) is 48.6. The summed E-state index contributed by atoms with van der Waals surface area (Å²) in [7, 11) is 0. The average Bonchev–Trinajstić information content (AvgIpc) is 3.33. The van der Waals surface area contributed by atoms with Gasteiger partial charge in [0.2, 0.25) is 0 Å². The van der Waals surface area contributed by atoms with E-state index in [0.717, 1.165) is 57.8 Å². The number of hydrogen-bond donors (Lipinski definition) is 0. The van der Waals surface area contributed by atoms with Crippen LogP contribution in [0.4, 0.5) is 0 Å². The predicted molar refractivity (Wildman–Crippen MR) is 289 cm³/mol. The molecule has 0 bridgehead atoms. The average molecular weight is 946 g/mol. The van der Waals surface area contributed by atoms with E-state index in [2.05, 4.69) is 32.9 Å². The molecule has 0 amide bonds. The Morgan fingerprint density at radius 3 is 0.746 bits per heavy atom. The highest BCUT2D eigenvalue weighted by atomic mass is 16.6. The molecule has 0 aliphatic rings. The molecule has 0 radical (unpaired) electrons. The van der Waals surface area contributed by atoms with E-state index < -0.39 is 6.10 Å². The van der Waals surface area contributed by atoms with E-state index in [-0.39, 0.29) is 31.1 Å². The summed E-state index contributed by atoms with van der Waals surface area (Å²) in [4.78, 5) is 38.2. The molecule has 67 heavy (non-hydrogen) atoms. The fourth-order valence-electron chi connectivity index (χ4n) is 9.21. The van der Waals surface area contributed by atoms with E-state index in [0.29, 0.717) is 19.3 Å². The number of allylic oxidation sites excluding steroid dienone is 2. The molecule has 0 aromatic heterocycles. The van der Waals surface area contributed by atoms with E-state index >= 15 is 0 Å². The van der Waals surface area contributed by atoms with Crippen LogP contribution in [0, 0.1) is 0 Å². The van der Waals surface area contributed by atoms with E-state index in [1.54, 1.807) is 0 Å². The largest absolute Gasteiger partial charge is 0.462 e. The van der Waals surface area contributed by atoms with Crippen LogP contribution in [-0.2, 0) is 28.6 Å². The van der Waals surface area contributed by atoms with Crippen LogP contribution >= 0.6 is 0 Å².